The van der Waals surface area contributed by atoms with E-state index in [0.717, 1.165) is 5.56 Å². The molecular formula is C13H13ClO2. The quantitative estimate of drug-likeness (QED) is 0.739. The van der Waals surface area contributed by atoms with Gasteiger partial charge in [0.2, 0.25) is 0 Å². The van der Waals surface area contributed by atoms with Gasteiger partial charge in [-0.3, -0.25) is 9.59 Å². The average molecular weight is 237 g/mol. The van der Waals surface area contributed by atoms with Gasteiger partial charge in [0.25, 0.3) is 0 Å². The predicted molar refractivity (Wildman–Crippen MR) is 62.9 cm³/mol. The highest BCUT2D eigenvalue weighted by molar-refractivity contribution is 6.30. The average Bonchev–Trinajstić information content (AvgIpc) is 2.64. The number of Topliss-reactive ketones (excluding diaryl/α,β-unsaturated/α-hetero) is 2. The first-order valence-electron chi connectivity index (χ1n) is 5.40. The number of carbonyl (C=O) groups is 2. The van der Waals surface area contributed by atoms with E-state index in [-0.39, 0.29) is 17.5 Å². The zero-order valence-electron chi connectivity index (χ0n) is 9.13. The Balaban J connectivity index is 2.24. The van der Waals surface area contributed by atoms with Gasteiger partial charge in [0.05, 0.1) is 0 Å². The van der Waals surface area contributed by atoms with Gasteiger partial charge in [-0.15, -0.1) is 0 Å². The molecule has 1 aliphatic rings. The summed E-state index contributed by atoms with van der Waals surface area (Å²) in [5, 5.41) is 0.636. The topological polar surface area (TPSA) is 34.1 Å². The van der Waals surface area contributed by atoms with Crippen LogP contribution in [-0.4, -0.2) is 11.6 Å². The smallest absolute Gasteiger partial charge is 0.166 e. The Hall–Kier alpha value is -1.15. The molecule has 1 atom stereocenters. The predicted octanol–water partition coefficient (Wildman–Crippen LogP) is 3.20. The number of halogens is 1. The summed E-state index contributed by atoms with van der Waals surface area (Å²) in [5.74, 6) is 0.164. The van der Waals surface area contributed by atoms with Crippen molar-refractivity contribution < 1.29 is 9.59 Å². The molecule has 0 saturated heterocycles. The van der Waals surface area contributed by atoms with Crippen molar-refractivity contribution >= 4 is 23.2 Å². The van der Waals surface area contributed by atoms with Crippen LogP contribution in [0.3, 0.4) is 0 Å². The van der Waals surface area contributed by atoms with Gasteiger partial charge in [-0.05, 0) is 37.1 Å². The molecule has 2 nitrogen and oxygen atoms in total. The number of ketones is 2. The second kappa shape index (κ2) is 4.38. The van der Waals surface area contributed by atoms with E-state index in [1.54, 1.807) is 18.2 Å². The van der Waals surface area contributed by atoms with Crippen molar-refractivity contribution in [1.29, 1.82) is 0 Å². The van der Waals surface area contributed by atoms with Crippen molar-refractivity contribution in [3.63, 3.8) is 0 Å². The van der Waals surface area contributed by atoms with Crippen molar-refractivity contribution in [1.82, 2.24) is 0 Å². The standard InChI is InChI=1S/C13H13ClO2/c1-8-6-10(14)3-5-12(8)13(16)9-2-4-11(15)7-9/h3,5-6,9H,2,4,7H2,1H3. The van der Waals surface area contributed by atoms with Gasteiger partial charge in [0.15, 0.2) is 5.78 Å². The first kappa shape index (κ1) is 11.3. The molecule has 3 heteroatoms. The highest BCUT2D eigenvalue weighted by atomic mass is 35.5. The van der Waals surface area contributed by atoms with E-state index in [1.807, 2.05) is 6.92 Å². The van der Waals surface area contributed by atoms with Crippen LogP contribution in [0.1, 0.15) is 35.2 Å². The van der Waals surface area contributed by atoms with Crippen molar-refractivity contribution in [3.8, 4) is 0 Å². The summed E-state index contributed by atoms with van der Waals surface area (Å²) in [7, 11) is 0. The summed E-state index contributed by atoms with van der Waals surface area (Å²) >= 11 is 5.84. The number of carbonyl (C=O) groups excluding carboxylic acids is 2. The SMILES string of the molecule is Cc1cc(Cl)ccc1C(=O)C1CCC(=O)C1. The molecule has 0 N–H and O–H groups in total. The monoisotopic (exact) mass is 236 g/mol. The van der Waals surface area contributed by atoms with E-state index in [0.29, 0.717) is 29.8 Å². The fraction of sp³-hybridized carbons (Fsp3) is 0.385. The molecule has 0 bridgehead atoms. The van der Waals surface area contributed by atoms with Crippen molar-refractivity contribution in [3.05, 3.63) is 34.3 Å². The zero-order valence-corrected chi connectivity index (χ0v) is 9.88. The summed E-state index contributed by atoms with van der Waals surface area (Å²) in [6, 6.07) is 5.26. The lowest BCUT2D eigenvalue weighted by atomic mass is 9.93. The van der Waals surface area contributed by atoms with Gasteiger partial charge in [-0.2, -0.15) is 0 Å². The summed E-state index contributed by atoms with van der Waals surface area (Å²) in [6.45, 7) is 1.87. The minimum atomic E-state index is -0.118. The molecule has 0 aromatic heterocycles. The molecule has 1 aromatic carbocycles. The van der Waals surface area contributed by atoms with E-state index in [9.17, 15) is 9.59 Å². The van der Waals surface area contributed by atoms with Crippen molar-refractivity contribution in [2.45, 2.75) is 26.2 Å². The number of hydrogen-bond donors (Lipinski definition) is 0. The fourth-order valence-corrected chi connectivity index (χ4v) is 2.39. The Morgan fingerprint density at radius 2 is 2.19 bits per heavy atom. The number of benzene rings is 1. The second-order valence-corrected chi connectivity index (χ2v) is 4.74. The maximum Gasteiger partial charge on any atom is 0.166 e. The molecule has 0 aliphatic heterocycles. The molecule has 0 spiro atoms. The third kappa shape index (κ3) is 2.17. The highest BCUT2D eigenvalue weighted by Crippen LogP contribution is 2.27. The van der Waals surface area contributed by atoms with Gasteiger partial charge in [0.1, 0.15) is 5.78 Å². The molecule has 1 unspecified atom stereocenters. The Bertz CT molecular complexity index is 451. The number of hydrogen-bond acceptors (Lipinski definition) is 2. The highest BCUT2D eigenvalue weighted by Gasteiger charge is 2.29. The van der Waals surface area contributed by atoms with Crippen LogP contribution in [0.4, 0.5) is 0 Å². The lowest BCUT2D eigenvalue weighted by Gasteiger charge is -2.09. The normalized spacial score (nSPS) is 20.1. The molecule has 1 fully saturated rings. The van der Waals surface area contributed by atoms with Crippen LogP contribution in [0.25, 0.3) is 0 Å². The van der Waals surface area contributed by atoms with Gasteiger partial charge < -0.3 is 0 Å². The third-order valence-electron chi connectivity index (χ3n) is 3.07. The molecule has 2 rings (SSSR count). The summed E-state index contributed by atoms with van der Waals surface area (Å²) in [4.78, 5) is 23.3. The van der Waals surface area contributed by atoms with Crippen molar-refractivity contribution in [2.75, 3.05) is 0 Å². The van der Waals surface area contributed by atoms with E-state index in [4.69, 9.17) is 11.6 Å². The van der Waals surface area contributed by atoms with E-state index in [2.05, 4.69) is 0 Å². The van der Waals surface area contributed by atoms with E-state index >= 15 is 0 Å². The van der Waals surface area contributed by atoms with Crippen LogP contribution in [0.15, 0.2) is 18.2 Å². The van der Waals surface area contributed by atoms with Crippen LogP contribution < -0.4 is 0 Å². The van der Waals surface area contributed by atoms with Gasteiger partial charge in [-0.1, -0.05) is 11.6 Å². The number of rotatable bonds is 2. The van der Waals surface area contributed by atoms with Crippen LogP contribution >= 0.6 is 11.6 Å². The molecule has 16 heavy (non-hydrogen) atoms. The van der Waals surface area contributed by atoms with Gasteiger partial charge >= 0.3 is 0 Å². The Morgan fingerprint density at radius 3 is 2.75 bits per heavy atom. The third-order valence-corrected chi connectivity index (χ3v) is 3.31. The number of aryl methyl sites for hydroxylation is 1. The first-order valence-corrected chi connectivity index (χ1v) is 5.78. The molecule has 0 radical (unpaired) electrons. The first-order chi connectivity index (χ1) is 7.58. The van der Waals surface area contributed by atoms with Gasteiger partial charge in [-0.25, -0.2) is 0 Å². The molecule has 0 amide bonds. The lowest BCUT2D eigenvalue weighted by Crippen LogP contribution is -2.13. The second-order valence-electron chi connectivity index (χ2n) is 4.30. The van der Waals surface area contributed by atoms with Gasteiger partial charge in [0, 0.05) is 29.3 Å². The molecule has 1 aliphatic carbocycles. The van der Waals surface area contributed by atoms with Crippen molar-refractivity contribution in [2.24, 2.45) is 5.92 Å². The molecule has 1 saturated carbocycles. The Morgan fingerprint density at radius 1 is 1.44 bits per heavy atom. The molecule has 0 heterocycles. The Labute approximate surface area is 99.6 Å². The minimum Gasteiger partial charge on any atom is -0.300 e. The van der Waals surface area contributed by atoms with Crippen LogP contribution in [0, 0.1) is 12.8 Å². The molecular weight excluding hydrogens is 224 g/mol. The summed E-state index contributed by atoms with van der Waals surface area (Å²) in [5.41, 5.74) is 1.58. The Kier molecular flexibility index (Phi) is 3.10. The molecule has 1 aromatic rings. The lowest BCUT2D eigenvalue weighted by molar-refractivity contribution is -0.117. The summed E-state index contributed by atoms with van der Waals surface area (Å²) in [6.07, 6.45) is 1.64. The maximum absolute atomic E-state index is 12.1. The van der Waals surface area contributed by atoms with Crippen LogP contribution in [-0.2, 0) is 4.79 Å². The van der Waals surface area contributed by atoms with Crippen LogP contribution in [0.2, 0.25) is 5.02 Å². The molecule has 84 valence electrons. The maximum atomic E-state index is 12.1. The summed E-state index contributed by atoms with van der Waals surface area (Å²) < 4.78 is 0. The van der Waals surface area contributed by atoms with E-state index in [1.165, 1.54) is 0 Å². The minimum absolute atomic E-state index is 0.0833. The van der Waals surface area contributed by atoms with E-state index < -0.39 is 0 Å². The zero-order chi connectivity index (χ0) is 11.7. The largest absolute Gasteiger partial charge is 0.300 e. The fourth-order valence-electron chi connectivity index (χ4n) is 2.16. The van der Waals surface area contributed by atoms with Crippen LogP contribution in [0.5, 0.6) is 0 Å².